The van der Waals surface area contributed by atoms with E-state index >= 15 is 0 Å². The number of pyridine rings is 1. The summed E-state index contributed by atoms with van der Waals surface area (Å²) < 4.78 is 50.6. The van der Waals surface area contributed by atoms with Crippen LogP contribution in [0.5, 0.6) is 0 Å². The van der Waals surface area contributed by atoms with Crippen molar-refractivity contribution in [1.29, 1.82) is 5.26 Å². The number of anilines is 1. The summed E-state index contributed by atoms with van der Waals surface area (Å²) >= 11 is 0. The molecule has 0 spiro atoms. The first-order valence-electron chi connectivity index (χ1n) is 7.98. The van der Waals surface area contributed by atoms with E-state index in [0.717, 1.165) is 6.20 Å². The van der Waals surface area contributed by atoms with Gasteiger partial charge in [-0.05, 0) is 30.3 Å². The number of nitrogens with zero attached hydrogens (tertiary/aromatic N) is 3. The van der Waals surface area contributed by atoms with Gasteiger partial charge in [-0.3, -0.25) is 5.43 Å². The van der Waals surface area contributed by atoms with Crippen LogP contribution in [-0.4, -0.2) is 39.2 Å². The first-order chi connectivity index (χ1) is 12.7. The molecule has 0 atom stereocenters. The molecule has 0 amide bonds. The van der Waals surface area contributed by atoms with Gasteiger partial charge < -0.3 is 0 Å². The van der Waals surface area contributed by atoms with E-state index in [1.54, 1.807) is 13.8 Å². The van der Waals surface area contributed by atoms with Gasteiger partial charge in [0.1, 0.15) is 10.7 Å². The SMILES string of the molecule is CCN(CC)S(=O)(=O)c1ccc(NNS(=O)(=O)c2cccc(C#N)c2)nc1. The predicted molar refractivity (Wildman–Crippen MR) is 99.4 cm³/mol. The van der Waals surface area contributed by atoms with Gasteiger partial charge in [-0.15, -0.1) is 4.83 Å². The second-order valence-corrected chi connectivity index (χ2v) is 8.96. The minimum Gasteiger partial charge on any atom is -0.292 e. The highest BCUT2D eigenvalue weighted by molar-refractivity contribution is 7.89. The monoisotopic (exact) mass is 409 g/mol. The Balaban J connectivity index is 2.14. The van der Waals surface area contributed by atoms with Crippen LogP contribution in [0.1, 0.15) is 19.4 Å². The maximum Gasteiger partial charge on any atom is 0.257 e. The molecule has 0 fully saturated rings. The zero-order valence-corrected chi connectivity index (χ0v) is 16.4. The summed E-state index contributed by atoms with van der Waals surface area (Å²) in [7, 11) is -7.57. The van der Waals surface area contributed by atoms with E-state index in [0.29, 0.717) is 13.1 Å². The van der Waals surface area contributed by atoms with Crippen LogP contribution in [0.15, 0.2) is 52.4 Å². The van der Waals surface area contributed by atoms with Gasteiger partial charge in [0.2, 0.25) is 10.0 Å². The molecular weight excluding hydrogens is 390 g/mol. The Morgan fingerprint density at radius 1 is 1.07 bits per heavy atom. The number of rotatable bonds is 8. The van der Waals surface area contributed by atoms with Crippen LogP contribution in [0.25, 0.3) is 0 Å². The van der Waals surface area contributed by atoms with E-state index < -0.39 is 20.0 Å². The molecule has 0 saturated heterocycles. The van der Waals surface area contributed by atoms with Gasteiger partial charge in [0.25, 0.3) is 10.0 Å². The first kappa shape index (κ1) is 20.8. The number of hydrogen-bond acceptors (Lipinski definition) is 7. The van der Waals surface area contributed by atoms with E-state index in [9.17, 15) is 16.8 Å². The van der Waals surface area contributed by atoms with E-state index in [2.05, 4.69) is 15.2 Å². The minimum atomic E-state index is -3.93. The van der Waals surface area contributed by atoms with Crippen molar-refractivity contribution in [2.24, 2.45) is 0 Å². The smallest absolute Gasteiger partial charge is 0.257 e. The standard InChI is InChI=1S/C16H19N5O4S2/c1-3-21(4-2)27(24,25)15-8-9-16(18-12-15)19-20-26(22,23)14-7-5-6-13(10-14)11-17/h5-10,12,20H,3-4H2,1-2H3,(H,18,19). The zero-order chi connectivity index (χ0) is 20.1. The normalized spacial score (nSPS) is 11.9. The number of aromatic nitrogens is 1. The molecule has 0 aliphatic carbocycles. The Hall–Kier alpha value is -2.52. The molecule has 27 heavy (non-hydrogen) atoms. The lowest BCUT2D eigenvalue weighted by molar-refractivity contribution is 0.445. The van der Waals surface area contributed by atoms with Crippen molar-refractivity contribution in [2.75, 3.05) is 18.5 Å². The molecule has 0 radical (unpaired) electrons. The quantitative estimate of drug-likeness (QED) is 0.628. The number of nitriles is 1. The van der Waals surface area contributed by atoms with Crippen molar-refractivity contribution in [3.05, 3.63) is 48.2 Å². The van der Waals surface area contributed by atoms with E-state index in [4.69, 9.17) is 5.26 Å². The molecule has 11 heteroatoms. The second-order valence-electron chi connectivity index (χ2n) is 5.34. The van der Waals surface area contributed by atoms with Gasteiger partial charge in [-0.25, -0.2) is 21.8 Å². The fourth-order valence-electron chi connectivity index (χ4n) is 2.23. The number of hydrazine groups is 1. The molecule has 9 nitrogen and oxygen atoms in total. The van der Waals surface area contributed by atoms with Crippen molar-refractivity contribution < 1.29 is 16.8 Å². The van der Waals surface area contributed by atoms with Gasteiger partial charge in [-0.1, -0.05) is 19.9 Å². The lowest BCUT2D eigenvalue weighted by atomic mass is 10.2. The average Bonchev–Trinajstić information content (AvgIpc) is 2.67. The first-order valence-corrected chi connectivity index (χ1v) is 10.9. The predicted octanol–water partition coefficient (Wildman–Crippen LogP) is 1.29. The fourth-order valence-corrected chi connectivity index (χ4v) is 4.53. The maximum absolute atomic E-state index is 12.4. The molecule has 2 N–H and O–H groups in total. The molecule has 144 valence electrons. The van der Waals surface area contributed by atoms with Crippen molar-refractivity contribution >= 4 is 25.9 Å². The second kappa shape index (κ2) is 8.45. The van der Waals surface area contributed by atoms with Gasteiger partial charge in [0, 0.05) is 19.3 Å². The Kier molecular flexibility index (Phi) is 6.50. The Morgan fingerprint density at radius 3 is 2.33 bits per heavy atom. The van der Waals surface area contributed by atoms with Crippen LogP contribution in [0.4, 0.5) is 5.82 Å². The molecule has 1 heterocycles. The Morgan fingerprint density at radius 2 is 1.78 bits per heavy atom. The van der Waals surface area contributed by atoms with Gasteiger partial charge in [-0.2, -0.15) is 9.57 Å². The summed E-state index contributed by atoms with van der Waals surface area (Å²) in [4.78, 5) is 5.99. The number of hydrogen-bond donors (Lipinski definition) is 2. The molecule has 0 aliphatic heterocycles. The van der Waals surface area contributed by atoms with Crippen LogP contribution in [0.2, 0.25) is 0 Å². The largest absolute Gasteiger partial charge is 0.292 e. The Labute approximate surface area is 158 Å². The molecular formula is C16H19N5O4S2. The molecule has 1 aromatic carbocycles. The van der Waals surface area contributed by atoms with Crippen LogP contribution < -0.4 is 10.3 Å². The maximum atomic E-state index is 12.4. The summed E-state index contributed by atoms with van der Waals surface area (Å²) in [5, 5.41) is 8.86. The average molecular weight is 409 g/mol. The van der Waals surface area contributed by atoms with Gasteiger partial charge in [0.15, 0.2) is 0 Å². The van der Waals surface area contributed by atoms with Gasteiger partial charge in [0.05, 0.1) is 16.5 Å². The van der Waals surface area contributed by atoms with E-state index in [1.807, 2.05) is 6.07 Å². The summed E-state index contributed by atoms with van der Waals surface area (Å²) in [6.07, 6.45) is 1.15. The molecule has 0 aliphatic rings. The number of benzene rings is 1. The molecule has 0 bridgehead atoms. The highest BCUT2D eigenvalue weighted by atomic mass is 32.2. The van der Waals surface area contributed by atoms with Crippen LogP contribution in [0.3, 0.4) is 0 Å². The molecule has 2 rings (SSSR count). The Bertz CT molecular complexity index is 1040. The highest BCUT2D eigenvalue weighted by Gasteiger charge is 2.22. The summed E-state index contributed by atoms with van der Waals surface area (Å²) in [6, 6.07) is 10.1. The van der Waals surface area contributed by atoms with Crippen molar-refractivity contribution in [2.45, 2.75) is 23.6 Å². The lowest BCUT2D eigenvalue weighted by Crippen LogP contribution is -2.31. The van der Waals surface area contributed by atoms with E-state index in [1.165, 1.54) is 40.7 Å². The lowest BCUT2D eigenvalue weighted by Gasteiger charge is -2.18. The summed E-state index contributed by atoms with van der Waals surface area (Å²) in [5.74, 6) is 0.119. The van der Waals surface area contributed by atoms with E-state index in [-0.39, 0.29) is 21.2 Å². The van der Waals surface area contributed by atoms with Crippen LogP contribution in [0, 0.1) is 11.3 Å². The minimum absolute atomic E-state index is 0.0151. The van der Waals surface area contributed by atoms with Crippen LogP contribution in [-0.2, 0) is 20.0 Å². The molecule has 1 aromatic heterocycles. The molecule has 2 aromatic rings. The zero-order valence-electron chi connectivity index (χ0n) is 14.7. The van der Waals surface area contributed by atoms with Crippen molar-refractivity contribution in [3.8, 4) is 6.07 Å². The van der Waals surface area contributed by atoms with Crippen molar-refractivity contribution in [3.63, 3.8) is 0 Å². The number of nitrogens with one attached hydrogen (secondary N) is 2. The third kappa shape index (κ3) is 4.81. The third-order valence-electron chi connectivity index (χ3n) is 3.67. The highest BCUT2D eigenvalue weighted by Crippen LogP contribution is 2.16. The van der Waals surface area contributed by atoms with Crippen molar-refractivity contribution in [1.82, 2.24) is 14.1 Å². The topological polar surface area (TPSA) is 132 Å². The molecule has 0 unspecified atom stereocenters. The molecule has 0 saturated carbocycles. The summed E-state index contributed by atoms with van der Waals surface area (Å²) in [6.45, 7) is 4.14. The fraction of sp³-hybridized carbons (Fsp3) is 0.250. The number of sulfonamides is 2. The van der Waals surface area contributed by atoms with Gasteiger partial charge >= 0.3 is 0 Å². The third-order valence-corrected chi connectivity index (χ3v) is 6.95. The summed E-state index contributed by atoms with van der Waals surface area (Å²) in [5.41, 5.74) is 2.63. The van der Waals surface area contributed by atoms with Crippen LogP contribution >= 0.6 is 0 Å².